The van der Waals surface area contributed by atoms with Crippen molar-refractivity contribution in [2.45, 2.75) is 26.8 Å². The first-order valence-electron chi connectivity index (χ1n) is 6.19. The lowest BCUT2D eigenvalue weighted by Crippen LogP contribution is -2.24. The summed E-state index contributed by atoms with van der Waals surface area (Å²) < 4.78 is 13.0. The summed E-state index contributed by atoms with van der Waals surface area (Å²) in [6.07, 6.45) is 2.69. The van der Waals surface area contributed by atoms with Gasteiger partial charge in [0.25, 0.3) is 0 Å². The van der Waals surface area contributed by atoms with Crippen LogP contribution in [0, 0.1) is 5.82 Å². The van der Waals surface area contributed by atoms with Gasteiger partial charge in [-0.05, 0) is 31.5 Å². The van der Waals surface area contributed by atoms with Crippen molar-refractivity contribution in [2.24, 2.45) is 0 Å². The first-order chi connectivity index (χ1) is 9.10. The molecule has 0 aliphatic rings. The van der Waals surface area contributed by atoms with Gasteiger partial charge in [-0.15, -0.1) is 0 Å². The number of amides is 1. The van der Waals surface area contributed by atoms with Crippen molar-refractivity contribution >= 4 is 16.9 Å². The molecule has 100 valence electrons. The summed E-state index contributed by atoms with van der Waals surface area (Å²) in [7, 11) is 0. The van der Waals surface area contributed by atoms with Gasteiger partial charge in [0.1, 0.15) is 11.6 Å². The molecule has 1 aromatic heterocycles. The molecule has 0 fully saturated rings. The Morgan fingerprint density at radius 1 is 1.53 bits per heavy atom. The lowest BCUT2D eigenvalue weighted by molar-refractivity contribution is -0.117. The molecule has 4 nitrogen and oxygen atoms in total. The topological polar surface area (TPSA) is 57.8 Å². The Labute approximate surface area is 110 Å². The number of carbonyl (C=O) groups excluding carboxylic acids is 1. The van der Waals surface area contributed by atoms with Gasteiger partial charge in [-0.2, -0.15) is 0 Å². The molecule has 1 amide bonds. The number of halogens is 1. The number of H-pyrrole nitrogens is 1. The number of hydrogen-bond acceptors (Lipinski definition) is 2. The molecule has 19 heavy (non-hydrogen) atoms. The molecule has 0 radical (unpaired) electrons. The monoisotopic (exact) mass is 261 g/mol. The molecule has 5 heteroatoms. The quantitative estimate of drug-likeness (QED) is 0.831. The molecule has 0 saturated carbocycles. The molecule has 2 aromatic rings. The highest BCUT2D eigenvalue weighted by Gasteiger charge is 2.07. The largest absolute Gasteiger partial charge is 0.345 e. The maximum absolute atomic E-state index is 13.0. The molecule has 2 N–H and O–H groups in total. The Hall–Kier alpha value is -2.17. The van der Waals surface area contributed by atoms with E-state index in [0.29, 0.717) is 29.0 Å². The van der Waals surface area contributed by atoms with Gasteiger partial charge in [-0.1, -0.05) is 13.0 Å². The zero-order valence-electron chi connectivity index (χ0n) is 11.0. The molecule has 2 rings (SSSR count). The van der Waals surface area contributed by atoms with E-state index < -0.39 is 0 Å². The molecule has 0 atom stereocenters. The number of nitrogens with one attached hydrogen (secondary N) is 2. The molecular weight excluding hydrogens is 245 g/mol. The molecule has 0 unspecified atom stereocenters. The fraction of sp³-hybridized carbons (Fsp3) is 0.286. The third kappa shape index (κ3) is 3.19. The molecule has 1 aromatic carbocycles. The van der Waals surface area contributed by atoms with Crippen molar-refractivity contribution in [1.29, 1.82) is 0 Å². The number of carbonyl (C=O) groups is 1. The Kier molecular flexibility index (Phi) is 3.94. The fourth-order valence-corrected chi connectivity index (χ4v) is 1.82. The van der Waals surface area contributed by atoms with Crippen LogP contribution >= 0.6 is 0 Å². The smallest absolute Gasteiger partial charge is 0.246 e. The Balaban J connectivity index is 2.06. The maximum Gasteiger partial charge on any atom is 0.246 e. The van der Waals surface area contributed by atoms with Gasteiger partial charge in [0.05, 0.1) is 17.6 Å². The number of aromatic amines is 1. The van der Waals surface area contributed by atoms with Crippen molar-refractivity contribution < 1.29 is 9.18 Å². The first kappa shape index (κ1) is 13.3. The molecule has 0 bridgehead atoms. The average Bonchev–Trinajstić information content (AvgIpc) is 2.78. The Morgan fingerprint density at radius 2 is 2.32 bits per heavy atom. The first-order valence-corrected chi connectivity index (χ1v) is 6.19. The minimum atomic E-state index is -0.312. The van der Waals surface area contributed by atoms with Crippen LogP contribution in [0.5, 0.6) is 0 Å². The van der Waals surface area contributed by atoms with Crippen molar-refractivity contribution in [3.63, 3.8) is 0 Å². The Morgan fingerprint density at radius 3 is 3.05 bits per heavy atom. The van der Waals surface area contributed by atoms with Crippen LogP contribution in [-0.4, -0.2) is 15.9 Å². The summed E-state index contributed by atoms with van der Waals surface area (Å²) in [5, 5.41) is 2.76. The maximum atomic E-state index is 13.0. The second-order valence-corrected chi connectivity index (χ2v) is 4.32. The molecular formula is C14H16FN3O. The van der Waals surface area contributed by atoms with Gasteiger partial charge in [0.2, 0.25) is 5.91 Å². The number of nitrogens with zero attached hydrogens (tertiary/aromatic N) is 1. The lowest BCUT2D eigenvalue weighted by Gasteiger charge is -2.02. The van der Waals surface area contributed by atoms with E-state index in [4.69, 9.17) is 0 Å². The van der Waals surface area contributed by atoms with E-state index in [1.54, 1.807) is 13.0 Å². The van der Waals surface area contributed by atoms with Crippen molar-refractivity contribution in [3.8, 4) is 0 Å². The normalized spacial score (nSPS) is 11.8. The molecule has 0 aliphatic heterocycles. The second-order valence-electron chi connectivity index (χ2n) is 4.32. The number of imidazole rings is 1. The number of aromatic nitrogens is 2. The molecule has 1 heterocycles. The van der Waals surface area contributed by atoms with Crippen molar-refractivity contribution in [2.75, 3.05) is 0 Å². The van der Waals surface area contributed by atoms with Gasteiger partial charge in [-0.25, -0.2) is 9.37 Å². The summed E-state index contributed by atoms with van der Waals surface area (Å²) in [5.74, 6) is 0.181. The average molecular weight is 261 g/mol. The van der Waals surface area contributed by atoms with E-state index in [0.717, 1.165) is 6.42 Å². The van der Waals surface area contributed by atoms with Crippen LogP contribution in [0.25, 0.3) is 11.0 Å². The zero-order chi connectivity index (χ0) is 13.8. The van der Waals surface area contributed by atoms with Crippen LogP contribution in [0.4, 0.5) is 4.39 Å². The van der Waals surface area contributed by atoms with Crippen LogP contribution in [-0.2, 0) is 11.3 Å². The van der Waals surface area contributed by atoms with Crippen LogP contribution in [0.1, 0.15) is 26.1 Å². The fourth-order valence-electron chi connectivity index (χ4n) is 1.82. The summed E-state index contributed by atoms with van der Waals surface area (Å²) in [6, 6.07) is 4.35. The highest BCUT2D eigenvalue weighted by Crippen LogP contribution is 2.12. The van der Waals surface area contributed by atoms with Gasteiger partial charge in [0, 0.05) is 5.57 Å². The van der Waals surface area contributed by atoms with E-state index in [1.165, 1.54) is 12.1 Å². The third-order valence-corrected chi connectivity index (χ3v) is 2.78. The van der Waals surface area contributed by atoms with E-state index in [2.05, 4.69) is 15.3 Å². The van der Waals surface area contributed by atoms with E-state index in [9.17, 15) is 9.18 Å². The van der Waals surface area contributed by atoms with Gasteiger partial charge in [0.15, 0.2) is 0 Å². The molecule has 0 spiro atoms. The van der Waals surface area contributed by atoms with Gasteiger partial charge < -0.3 is 10.3 Å². The second kappa shape index (κ2) is 5.65. The SMILES string of the molecule is CC/C=C(/C)C(=O)NCc1nc2ccc(F)cc2[nH]1. The van der Waals surface area contributed by atoms with Crippen molar-refractivity contribution in [3.05, 3.63) is 41.5 Å². The van der Waals surface area contributed by atoms with Gasteiger partial charge >= 0.3 is 0 Å². The Bertz CT molecular complexity index is 631. The third-order valence-electron chi connectivity index (χ3n) is 2.78. The predicted octanol–water partition coefficient (Wildman–Crippen LogP) is 2.67. The number of rotatable bonds is 4. The minimum Gasteiger partial charge on any atom is -0.345 e. The lowest BCUT2D eigenvalue weighted by atomic mass is 10.2. The number of benzene rings is 1. The van der Waals surface area contributed by atoms with E-state index in [1.807, 2.05) is 13.0 Å². The van der Waals surface area contributed by atoms with Crippen molar-refractivity contribution in [1.82, 2.24) is 15.3 Å². The minimum absolute atomic E-state index is 0.117. The standard InChI is InChI=1S/C14H16FN3O/c1-3-4-9(2)14(19)16-8-13-17-11-6-5-10(15)7-12(11)18-13/h4-7H,3,8H2,1-2H3,(H,16,19)(H,17,18)/b9-4-. The van der Waals surface area contributed by atoms with Crippen LogP contribution in [0.2, 0.25) is 0 Å². The summed E-state index contributed by atoms with van der Waals surface area (Å²) in [5.41, 5.74) is 2.00. The highest BCUT2D eigenvalue weighted by atomic mass is 19.1. The van der Waals surface area contributed by atoms with Gasteiger partial charge in [-0.3, -0.25) is 4.79 Å². The number of fused-ring (bicyclic) bond motifs is 1. The van der Waals surface area contributed by atoms with E-state index in [-0.39, 0.29) is 11.7 Å². The number of hydrogen-bond donors (Lipinski definition) is 2. The van der Waals surface area contributed by atoms with Crippen LogP contribution < -0.4 is 5.32 Å². The molecule has 0 saturated heterocycles. The zero-order valence-corrected chi connectivity index (χ0v) is 11.0. The summed E-state index contributed by atoms with van der Waals surface area (Å²) in [6.45, 7) is 4.04. The summed E-state index contributed by atoms with van der Waals surface area (Å²) >= 11 is 0. The molecule has 0 aliphatic carbocycles. The number of allylic oxidation sites excluding steroid dienone is 1. The van der Waals surface area contributed by atoms with E-state index >= 15 is 0 Å². The van der Waals surface area contributed by atoms with Crippen LogP contribution in [0.3, 0.4) is 0 Å². The predicted molar refractivity (Wildman–Crippen MR) is 71.9 cm³/mol. The highest BCUT2D eigenvalue weighted by molar-refractivity contribution is 5.92. The summed E-state index contributed by atoms with van der Waals surface area (Å²) in [4.78, 5) is 18.9. The van der Waals surface area contributed by atoms with Crippen LogP contribution in [0.15, 0.2) is 29.8 Å².